The summed E-state index contributed by atoms with van der Waals surface area (Å²) < 4.78 is 0. The number of hydrogen-bond acceptors (Lipinski definition) is 2. The Morgan fingerprint density at radius 1 is 1.11 bits per heavy atom. The molecule has 0 saturated carbocycles. The maximum Gasteiger partial charge on any atom is 0.0208 e. The third-order valence-corrected chi connectivity index (χ3v) is 4.38. The van der Waals surface area contributed by atoms with Gasteiger partial charge in [-0.25, -0.2) is 0 Å². The molecule has 2 heterocycles. The SMILES string of the molecule is c1cc(CCN2CCCCC2)c2c(c1)CNCC2. The van der Waals surface area contributed by atoms with E-state index in [1.54, 1.807) is 11.1 Å². The van der Waals surface area contributed by atoms with E-state index in [1.165, 1.54) is 57.3 Å². The van der Waals surface area contributed by atoms with Gasteiger partial charge in [-0.3, -0.25) is 0 Å². The summed E-state index contributed by atoms with van der Waals surface area (Å²) in [5, 5.41) is 3.46. The molecule has 2 nitrogen and oxygen atoms in total. The largest absolute Gasteiger partial charge is 0.312 e. The van der Waals surface area contributed by atoms with Crippen LogP contribution in [0.25, 0.3) is 0 Å². The van der Waals surface area contributed by atoms with E-state index < -0.39 is 0 Å². The van der Waals surface area contributed by atoms with Gasteiger partial charge in [0, 0.05) is 13.1 Å². The van der Waals surface area contributed by atoms with Crippen molar-refractivity contribution in [1.29, 1.82) is 0 Å². The average Bonchev–Trinajstić information content (AvgIpc) is 2.46. The monoisotopic (exact) mass is 244 g/mol. The fraction of sp³-hybridized carbons (Fsp3) is 0.625. The van der Waals surface area contributed by atoms with Crippen LogP contribution in [0.1, 0.15) is 36.0 Å². The Balaban J connectivity index is 1.65. The van der Waals surface area contributed by atoms with E-state index >= 15 is 0 Å². The van der Waals surface area contributed by atoms with Crippen molar-refractivity contribution in [3.05, 3.63) is 34.9 Å². The van der Waals surface area contributed by atoms with Gasteiger partial charge in [-0.15, -0.1) is 0 Å². The van der Waals surface area contributed by atoms with Gasteiger partial charge >= 0.3 is 0 Å². The first-order valence-electron chi connectivity index (χ1n) is 7.46. The zero-order chi connectivity index (χ0) is 12.2. The Kier molecular flexibility index (Phi) is 3.96. The van der Waals surface area contributed by atoms with Crippen LogP contribution < -0.4 is 5.32 Å². The van der Waals surface area contributed by atoms with Crippen molar-refractivity contribution >= 4 is 0 Å². The molecule has 0 amide bonds. The van der Waals surface area contributed by atoms with Gasteiger partial charge in [-0.1, -0.05) is 24.6 Å². The predicted molar refractivity (Wildman–Crippen MR) is 75.8 cm³/mol. The molecule has 2 aliphatic heterocycles. The Morgan fingerprint density at radius 3 is 2.89 bits per heavy atom. The van der Waals surface area contributed by atoms with Gasteiger partial charge in [-0.2, -0.15) is 0 Å². The second kappa shape index (κ2) is 5.85. The average molecular weight is 244 g/mol. The second-order valence-corrected chi connectivity index (χ2v) is 5.63. The minimum atomic E-state index is 1.06. The lowest BCUT2D eigenvalue weighted by Gasteiger charge is -2.27. The number of hydrogen-bond donors (Lipinski definition) is 1. The third-order valence-electron chi connectivity index (χ3n) is 4.38. The molecular weight excluding hydrogens is 220 g/mol. The topological polar surface area (TPSA) is 15.3 Å². The van der Waals surface area contributed by atoms with Crippen molar-refractivity contribution in [2.75, 3.05) is 26.2 Å². The normalized spacial score (nSPS) is 20.7. The molecule has 0 aromatic heterocycles. The molecule has 0 atom stereocenters. The molecular formula is C16H24N2. The molecule has 98 valence electrons. The van der Waals surface area contributed by atoms with Crippen LogP contribution >= 0.6 is 0 Å². The van der Waals surface area contributed by atoms with Gasteiger partial charge in [0.1, 0.15) is 0 Å². The first kappa shape index (κ1) is 12.2. The Labute approximate surface area is 110 Å². The molecule has 1 fully saturated rings. The third kappa shape index (κ3) is 2.76. The number of likely N-dealkylation sites (tertiary alicyclic amines) is 1. The summed E-state index contributed by atoms with van der Waals surface area (Å²) in [4.78, 5) is 2.64. The minimum Gasteiger partial charge on any atom is -0.312 e. The summed E-state index contributed by atoms with van der Waals surface area (Å²) in [7, 11) is 0. The van der Waals surface area contributed by atoms with Crippen molar-refractivity contribution < 1.29 is 0 Å². The Morgan fingerprint density at radius 2 is 2.00 bits per heavy atom. The molecule has 2 heteroatoms. The molecule has 1 N–H and O–H groups in total. The standard InChI is InChI=1S/C16H24N2/c1-2-10-18(11-3-1)12-8-14-5-4-6-15-13-17-9-7-16(14)15/h4-6,17H,1-3,7-13H2. The lowest BCUT2D eigenvalue weighted by Crippen LogP contribution is -2.32. The van der Waals surface area contributed by atoms with Crippen molar-refractivity contribution in [3.8, 4) is 0 Å². The Bertz CT molecular complexity index is 394. The number of benzene rings is 1. The number of nitrogens with one attached hydrogen (secondary N) is 1. The zero-order valence-electron chi connectivity index (χ0n) is 11.3. The van der Waals surface area contributed by atoms with Crippen molar-refractivity contribution in [2.45, 2.75) is 38.6 Å². The second-order valence-electron chi connectivity index (χ2n) is 5.63. The lowest BCUT2D eigenvalue weighted by molar-refractivity contribution is 0.231. The maximum absolute atomic E-state index is 3.46. The molecule has 0 bridgehead atoms. The molecule has 0 unspecified atom stereocenters. The Hall–Kier alpha value is -0.860. The van der Waals surface area contributed by atoms with Gasteiger partial charge in [0.05, 0.1) is 0 Å². The molecule has 3 rings (SSSR count). The van der Waals surface area contributed by atoms with Crippen LogP contribution in [0, 0.1) is 0 Å². The van der Waals surface area contributed by atoms with Gasteiger partial charge in [0.2, 0.25) is 0 Å². The van der Waals surface area contributed by atoms with Crippen LogP contribution in [0.15, 0.2) is 18.2 Å². The first-order valence-corrected chi connectivity index (χ1v) is 7.46. The van der Waals surface area contributed by atoms with E-state index in [1.807, 2.05) is 0 Å². The fourth-order valence-corrected chi connectivity index (χ4v) is 3.31. The van der Waals surface area contributed by atoms with Crippen LogP contribution in [-0.4, -0.2) is 31.1 Å². The molecule has 0 spiro atoms. The molecule has 1 saturated heterocycles. The summed E-state index contributed by atoms with van der Waals surface area (Å²) in [6.45, 7) is 6.09. The molecule has 18 heavy (non-hydrogen) atoms. The summed E-state index contributed by atoms with van der Waals surface area (Å²) in [5.74, 6) is 0. The summed E-state index contributed by atoms with van der Waals surface area (Å²) >= 11 is 0. The first-order chi connectivity index (χ1) is 8.93. The van der Waals surface area contributed by atoms with E-state index in [-0.39, 0.29) is 0 Å². The summed E-state index contributed by atoms with van der Waals surface area (Å²) in [6, 6.07) is 6.86. The number of fused-ring (bicyclic) bond motifs is 1. The van der Waals surface area contributed by atoms with Crippen LogP contribution in [0.2, 0.25) is 0 Å². The quantitative estimate of drug-likeness (QED) is 0.878. The van der Waals surface area contributed by atoms with Crippen LogP contribution in [0.4, 0.5) is 0 Å². The molecule has 2 aliphatic rings. The molecule has 1 aromatic rings. The van der Waals surface area contributed by atoms with Crippen molar-refractivity contribution in [2.24, 2.45) is 0 Å². The highest BCUT2D eigenvalue weighted by molar-refractivity contribution is 5.37. The van der Waals surface area contributed by atoms with E-state index in [0.29, 0.717) is 0 Å². The van der Waals surface area contributed by atoms with Crippen molar-refractivity contribution in [3.63, 3.8) is 0 Å². The number of rotatable bonds is 3. The highest BCUT2D eigenvalue weighted by Gasteiger charge is 2.14. The van der Waals surface area contributed by atoms with E-state index in [2.05, 4.69) is 28.4 Å². The van der Waals surface area contributed by atoms with Gasteiger partial charge in [0.15, 0.2) is 0 Å². The van der Waals surface area contributed by atoms with E-state index in [4.69, 9.17) is 0 Å². The lowest BCUT2D eigenvalue weighted by atomic mass is 9.93. The highest BCUT2D eigenvalue weighted by atomic mass is 15.1. The van der Waals surface area contributed by atoms with E-state index in [9.17, 15) is 0 Å². The molecule has 1 aromatic carbocycles. The van der Waals surface area contributed by atoms with Crippen molar-refractivity contribution in [1.82, 2.24) is 10.2 Å². The van der Waals surface area contributed by atoms with Crippen LogP contribution in [-0.2, 0) is 19.4 Å². The highest BCUT2D eigenvalue weighted by Crippen LogP contribution is 2.20. The van der Waals surface area contributed by atoms with Gasteiger partial charge in [-0.05, 0) is 62.0 Å². The zero-order valence-corrected chi connectivity index (χ0v) is 11.3. The summed E-state index contributed by atoms with van der Waals surface area (Å²) in [5.41, 5.74) is 4.75. The molecule has 0 aliphatic carbocycles. The molecule has 0 radical (unpaired) electrons. The number of piperidine rings is 1. The van der Waals surface area contributed by atoms with Crippen LogP contribution in [0.3, 0.4) is 0 Å². The smallest absolute Gasteiger partial charge is 0.0208 e. The van der Waals surface area contributed by atoms with Gasteiger partial charge < -0.3 is 10.2 Å². The maximum atomic E-state index is 3.46. The van der Waals surface area contributed by atoms with Gasteiger partial charge in [0.25, 0.3) is 0 Å². The fourth-order valence-electron chi connectivity index (χ4n) is 3.31. The van der Waals surface area contributed by atoms with Crippen LogP contribution in [0.5, 0.6) is 0 Å². The predicted octanol–water partition coefficient (Wildman–Crippen LogP) is 2.36. The van der Waals surface area contributed by atoms with E-state index in [0.717, 1.165) is 13.1 Å². The minimum absolute atomic E-state index is 1.06. The summed E-state index contributed by atoms with van der Waals surface area (Å²) in [6.07, 6.45) is 6.69. The number of nitrogens with zero attached hydrogens (tertiary/aromatic N) is 1.